The molecule has 0 bridgehead atoms. The highest BCUT2D eigenvalue weighted by molar-refractivity contribution is 6.73. The van der Waals surface area contributed by atoms with E-state index in [1.807, 2.05) is 48.6 Å². The van der Waals surface area contributed by atoms with Crippen molar-refractivity contribution in [2.75, 3.05) is 6.61 Å². The Morgan fingerprint density at radius 3 is 2.38 bits per heavy atom. The van der Waals surface area contributed by atoms with E-state index in [4.69, 9.17) is 13.9 Å². The van der Waals surface area contributed by atoms with Crippen LogP contribution >= 0.6 is 0 Å². The van der Waals surface area contributed by atoms with Gasteiger partial charge < -0.3 is 19.0 Å². The molecule has 3 rings (SSSR count). The minimum atomic E-state index is -2.14. The van der Waals surface area contributed by atoms with Crippen LogP contribution in [0, 0.1) is 29.1 Å². The highest BCUT2D eigenvalue weighted by Gasteiger charge is 2.49. The molecule has 2 aliphatic carbocycles. The van der Waals surface area contributed by atoms with Crippen molar-refractivity contribution in [3.8, 4) is 29.4 Å². The molecule has 0 unspecified atom stereocenters. The number of ether oxygens (including phenoxy) is 2. The predicted octanol–water partition coefficient (Wildman–Crippen LogP) is 5.59. The number of aliphatic hydroxyl groups excluding tert-OH is 1. The molecule has 0 aromatic heterocycles. The maximum atomic E-state index is 12.2. The van der Waals surface area contributed by atoms with Crippen LogP contribution < -0.4 is 4.74 Å². The molecule has 37 heavy (non-hydrogen) atoms. The first kappa shape index (κ1) is 28.5. The summed E-state index contributed by atoms with van der Waals surface area (Å²) in [4.78, 5) is 12.2. The van der Waals surface area contributed by atoms with Gasteiger partial charge in [0.15, 0.2) is 20.0 Å². The van der Waals surface area contributed by atoms with E-state index in [2.05, 4.69) is 44.5 Å². The molecule has 6 heteroatoms. The second-order valence-corrected chi connectivity index (χ2v) is 15.0. The van der Waals surface area contributed by atoms with Crippen molar-refractivity contribution in [3.05, 3.63) is 65.8 Å². The maximum absolute atomic E-state index is 12.2. The number of fused-ring (bicyclic) bond motifs is 1. The normalized spacial score (nSPS) is 23.9. The third-order valence-corrected chi connectivity index (χ3v) is 11.5. The lowest BCUT2D eigenvalue weighted by atomic mass is 9.91. The van der Waals surface area contributed by atoms with Crippen molar-refractivity contribution in [2.24, 2.45) is 5.41 Å². The van der Waals surface area contributed by atoms with E-state index in [1.165, 1.54) is 0 Å². The molecular weight excluding hydrogens is 480 g/mol. The van der Waals surface area contributed by atoms with Gasteiger partial charge in [-0.3, -0.25) is 4.79 Å². The van der Waals surface area contributed by atoms with Gasteiger partial charge in [-0.1, -0.05) is 68.7 Å². The molecule has 1 aromatic carbocycles. The van der Waals surface area contributed by atoms with Crippen LogP contribution in [0.15, 0.2) is 65.8 Å². The SMILES string of the molecule is CC[Si](CC)(CC)O[C@]12C=CC=C1C#C/C(=C/COC(=O)C(C)(C)C)[C@H](O)C#C[C@H]2Oc1ccccc1. The molecule has 196 valence electrons. The van der Waals surface area contributed by atoms with Gasteiger partial charge in [0.05, 0.1) is 5.41 Å². The van der Waals surface area contributed by atoms with Crippen molar-refractivity contribution >= 4 is 14.3 Å². The molecular formula is C31H38O5Si. The summed E-state index contributed by atoms with van der Waals surface area (Å²) < 4.78 is 18.9. The molecule has 5 nitrogen and oxygen atoms in total. The minimum Gasteiger partial charge on any atom is -0.474 e. The van der Waals surface area contributed by atoms with E-state index >= 15 is 0 Å². The number of carbonyl (C=O) groups is 1. The zero-order valence-corrected chi connectivity index (χ0v) is 23.8. The molecule has 0 heterocycles. The summed E-state index contributed by atoms with van der Waals surface area (Å²) in [5.41, 5.74) is -0.491. The van der Waals surface area contributed by atoms with Crippen molar-refractivity contribution in [3.63, 3.8) is 0 Å². The molecule has 0 saturated carbocycles. The number of hydrogen-bond acceptors (Lipinski definition) is 5. The molecule has 2 aliphatic rings. The first-order valence-corrected chi connectivity index (χ1v) is 15.5. The summed E-state index contributed by atoms with van der Waals surface area (Å²) in [6.45, 7) is 11.9. The number of benzene rings is 1. The van der Waals surface area contributed by atoms with Crippen LogP contribution in [0.2, 0.25) is 18.1 Å². The first-order valence-electron chi connectivity index (χ1n) is 13.0. The van der Waals surface area contributed by atoms with Crippen LogP contribution in [-0.2, 0) is 14.0 Å². The average Bonchev–Trinajstić information content (AvgIpc) is 3.30. The van der Waals surface area contributed by atoms with E-state index in [0.717, 1.165) is 23.7 Å². The fourth-order valence-corrected chi connectivity index (χ4v) is 7.16. The lowest BCUT2D eigenvalue weighted by molar-refractivity contribution is -0.151. The van der Waals surface area contributed by atoms with Crippen LogP contribution in [0.3, 0.4) is 0 Å². The number of esters is 1. The van der Waals surface area contributed by atoms with Gasteiger partial charge in [0.25, 0.3) is 0 Å². The Balaban J connectivity index is 2.06. The topological polar surface area (TPSA) is 65.0 Å². The Bertz CT molecular complexity index is 1170. The van der Waals surface area contributed by atoms with Gasteiger partial charge in [0.1, 0.15) is 18.5 Å². The van der Waals surface area contributed by atoms with Crippen LogP contribution in [0.5, 0.6) is 5.75 Å². The maximum Gasteiger partial charge on any atom is 0.311 e. The second kappa shape index (κ2) is 12.0. The van der Waals surface area contributed by atoms with Crippen LogP contribution in [0.4, 0.5) is 0 Å². The number of hydrogen-bond donors (Lipinski definition) is 1. The van der Waals surface area contributed by atoms with Crippen molar-refractivity contribution < 1.29 is 23.8 Å². The number of aliphatic hydroxyl groups is 1. The quantitative estimate of drug-likeness (QED) is 0.262. The van der Waals surface area contributed by atoms with Gasteiger partial charge in [0, 0.05) is 11.1 Å². The molecule has 3 atom stereocenters. The Morgan fingerprint density at radius 1 is 1.08 bits per heavy atom. The minimum absolute atomic E-state index is 0.000724. The summed E-state index contributed by atoms with van der Waals surface area (Å²) in [5.74, 6) is 12.8. The molecule has 0 spiro atoms. The van der Waals surface area contributed by atoms with E-state index in [0.29, 0.717) is 11.3 Å². The number of allylic oxidation sites excluding steroid dienone is 2. The average molecular weight is 519 g/mol. The van der Waals surface area contributed by atoms with E-state index in [1.54, 1.807) is 26.8 Å². The number of rotatable bonds is 9. The van der Waals surface area contributed by atoms with Gasteiger partial charge in [0.2, 0.25) is 0 Å². The Morgan fingerprint density at radius 2 is 1.76 bits per heavy atom. The summed E-state index contributed by atoms with van der Waals surface area (Å²) >= 11 is 0. The molecule has 0 radical (unpaired) electrons. The molecule has 1 N–H and O–H groups in total. The summed E-state index contributed by atoms with van der Waals surface area (Å²) in [6, 6.07) is 12.4. The Kier molecular flexibility index (Phi) is 9.26. The Hall–Kier alpha value is -3.03. The first-order chi connectivity index (χ1) is 17.6. The monoisotopic (exact) mass is 518 g/mol. The standard InChI is InChI=1S/C31H38O5Si/c1-7-37(8-2,9-3)36-31-22-13-14-25(31)18-17-24(21-23-34-29(33)30(4,5)6)27(32)19-20-28(31)35-26-15-11-10-12-16-26/h10-16,21-22,27-28,32H,7-9,23H2,1-6H3/b24-21-/t27-,28-,31-/m1/s1. The summed E-state index contributed by atoms with van der Waals surface area (Å²) in [6.07, 6.45) is 5.61. The summed E-state index contributed by atoms with van der Waals surface area (Å²) in [5, 5.41) is 10.9. The molecule has 0 saturated heterocycles. The number of carbonyl (C=O) groups excluding carboxylic acids is 1. The van der Waals surface area contributed by atoms with E-state index in [-0.39, 0.29) is 12.6 Å². The van der Waals surface area contributed by atoms with Gasteiger partial charge in [-0.05, 0) is 69.3 Å². The number of para-hydroxylation sites is 1. The smallest absolute Gasteiger partial charge is 0.311 e. The van der Waals surface area contributed by atoms with Crippen molar-refractivity contribution in [2.45, 2.75) is 77.5 Å². The predicted molar refractivity (Wildman–Crippen MR) is 149 cm³/mol. The molecule has 0 fully saturated rings. The van der Waals surface area contributed by atoms with Crippen LogP contribution in [0.25, 0.3) is 0 Å². The van der Waals surface area contributed by atoms with E-state index < -0.39 is 31.5 Å². The van der Waals surface area contributed by atoms with E-state index in [9.17, 15) is 9.90 Å². The lowest BCUT2D eigenvalue weighted by Gasteiger charge is -2.42. The largest absolute Gasteiger partial charge is 0.474 e. The Labute approximate surface area is 222 Å². The fraction of sp³-hybridized carbons (Fsp3) is 0.452. The highest BCUT2D eigenvalue weighted by Crippen LogP contribution is 2.40. The van der Waals surface area contributed by atoms with Gasteiger partial charge >= 0.3 is 5.97 Å². The molecule has 1 aromatic rings. The fourth-order valence-electron chi connectivity index (χ4n) is 4.23. The van der Waals surface area contributed by atoms with Gasteiger partial charge in [-0.15, -0.1) is 0 Å². The van der Waals surface area contributed by atoms with Crippen molar-refractivity contribution in [1.82, 2.24) is 0 Å². The second-order valence-electron chi connectivity index (χ2n) is 10.3. The molecule has 0 aliphatic heterocycles. The summed E-state index contributed by atoms with van der Waals surface area (Å²) in [7, 11) is -2.14. The third kappa shape index (κ3) is 6.65. The van der Waals surface area contributed by atoms with Gasteiger partial charge in [-0.2, -0.15) is 0 Å². The highest BCUT2D eigenvalue weighted by atomic mass is 28.4. The zero-order valence-electron chi connectivity index (χ0n) is 22.8. The molecule has 0 amide bonds. The van der Waals surface area contributed by atoms with Crippen LogP contribution in [-0.4, -0.2) is 43.8 Å². The zero-order chi connectivity index (χ0) is 27.1. The van der Waals surface area contributed by atoms with Crippen molar-refractivity contribution in [1.29, 1.82) is 0 Å². The van der Waals surface area contributed by atoms with Crippen LogP contribution in [0.1, 0.15) is 41.5 Å². The third-order valence-electron chi connectivity index (χ3n) is 6.85. The van der Waals surface area contributed by atoms with Gasteiger partial charge in [-0.25, -0.2) is 0 Å². The lowest BCUT2D eigenvalue weighted by Crippen LogP contribution is -2.54.